The van der Waals surface area contributed by atoms with E-state index in [4.69, 9.17) is 11.6 Å². The van der Waals surface area contributed by atoms with Crippen molar-refractivity contribution in [1.82, 2.24) is 9.97 Å². The zero-order valence-electron chi connectivity index (χ0n) is 9.29. The van der Waals surface area contributed by atoms with Gasteiger partial charge in [0, 0.05) is 13.1 Å². The van der Waals surface area contributed by atoms with E-state index in [0.29, 0.717) is 11.2 Å². The molecule has 0 N–H and O–H groups in total. The predicted octanol–water partition coefficient (Wildman–Crippen LogP) is 3.66. The van der Waals surface area contributed by atoms with Gasteiger partial charge in [-0.2, -0.15) is 0 Å². The summed E-state index contributed by atoms with van der Waals surface area (Å²) in [6.45, 7) is 0. The van der Waals surface area contributed by atoms with Crippen molar-refractivity contribution in [2.24, 2.45) is 0 Å². The second-order valence-corrected chi connectivity index (χ2v) is 5.36. The van der Waals surface area contributed by atoms with Crippen molar-refractivity contribution in [2.45, 2.75) is 38.1 Å². The summed E-state index contributed by atoms with van der Waals surface area (Å²) in [6.07, 6.45) is 7.98. The summed E-state index contributed by atoms with van der Waals surface area (Å²) in [7, 11) is 2.08. The van der Waals surface area contributed by atoms with Crippen LogP contribution in [0.15, 0.2) is 10.8 Å². The molecule has 0 aromatic carbocycles. The first-order valence-corrected chi connectivity index (χ1v) is 6.76. The zero-order chi connectivity index (χ0) is 11.5. The molecule has 1 fully saturated rings. The molecule has 0 saturated heterocycles. The first-order chi connectivity index (χ1) is 7.70. The van der Waals surface area contributed by atoms with E-state index in [9.17, 15) is 0 Å². The van der Waals surface area contributed by atoms with E-state index >= 15 is 0 Å². The van der Waals surface area contributed by atoms with Crippen molar-refractivity contribution in [3.8, 4) is 0 Å². The van der Waals surface area contributed by atoms with E-state index in [1.165, 1.54) is 38.4 Å². The maximum Gasteiger partial charge on any atom is 0.148 e. The monoisotopic (exact) mass is 303 g/mol. The van der Waals surface area contributed by atoms with Gasteiger partial charge >= 0.3 is 0 Å². The smallest absolute Gasteiger partial charge is 0.148 e. The van der Waals surface area contributed by atoms with Crippen LogP contribution in [0.25, 0.3) is 0 Å². The molecule has 2 rings (SSSR count). The fourth-order valence-electron chi connectivity index (χ4n) is 2.23. The van der Waals surface area contributed by atoms with E-state index in [1.807, 2.05) is 0 Å². The van der Waals surface area contributed by atoms with Crippen molar-refractivity contribution < 1.29 is 0 Å². The SMILES string of the molecule is CN(c1ncnc(Cl)c1Br)C1CCCCC1. The first kappa shape index (κ1) is 12.1. The van der Waals surface area contributed by atoms with Crippen molar-refractivity contribution in [2.75, 3.05) is 11.9 Å². The highest BCUT2D eigenvalue weighted by atomic mass is 79.9. The Hall–Kier alpha value is -0.350. The van der Waals surface area contributed by atoms with E-state index in [1.54, 1.807) is 0 Å². The second kappa shape index (κ2) is 5.32. The molecule has 0 bridgehead atoms. The Labute approximate surface area is 109 Å². The summed E-state index contributed by atoms with van der Waals surface area (Å²) in [4.78, 5) is 10.5. The Balaban J connectivity index is 2.19. The highest BCUT2D eigenvalue weighted by molar-refractivity contribution is 9.10. The van der Waals surface area contributed by atoms with Crippen LogP contribution in [0.5, 0.6) is 0 Å². The van der Waals surface area contributed by atoms with Gasteiger partial charge in [-0.3, -0.25) is 0 Å². The van der Waals surface area contributed by atoms with Crippen LogP contribution in [-0.2, 0) is 0 Å². The third-order valence-corrected chi connectivity index (χ3v) is 4.43. The number of aromatic nitrogens is 2. The average molecular weight is 305 g/mol. The topological polar surface area (TPSA) is 29.0 Å². The molecule has 0 amide bonds. The normalized spacial score (nSPS) is 17.4. The van der Waals surface area contributed by atoms with Gasteiger partial charge < -0.3 is 4.90 Å². The van der Waals surface area contributed by atoms with Crippen molar-refractivity contribution in [1.29, 1.82) is 0 Å². The maximum atomic E-state index is 5.97. The Morgan fingerprint density at radius 1 is 1.31 bits per heavy atom. The van der Waals surface area contributed by atoms with Crippen LogP contribution in [0.1, 0.15) is 32.1 Å². The van der Waals surface area contributed by atoms with Gasteiger partial charge in [-0.1, -0.05) is 30.9 Å². The molecule has 88 valence electrons. The minimum atomic E-state index is 0.479. The van der Waals surface area contributed by atoms with E-state index in [0.717, 1.165) is 10.3 Å². The number of rotatable bonds is 2. The molecule has 0 radical (unpaired) electrons. The number of hydrogen-bond donors (Lipinski definition) is 0. The van der Waals surface area contributed by atoms with Crippen molar-refractivity contribution >= 4 is 33.3 Å². The number of halogens is 2. The van der Waals surface area contributed by atoms with Gasteiger partial charge in [-0.15, -0.1) is 0 Å². The largest absolute Gasteiger partial charge is 0.356 e. The summed E-state index contributed by atoms with van der Waals surface area (Å²) in [5.74, 6) is 0.895. The molecule has 1 heterocycles. The number of hydrogen-bond acceptors (Lipinski definition) is 3. The molecule has 1 saturated carbocycles. The summed E-state index contributed by atoms with van der Waals surface area (Å²) in [6, 6.07) is 0.580. The van der Waals surface area contributed by atoms with Crippen molar-refractivity contribution in [3.05, 3.63) is 16.0 Å². The molecule has 1 aliphatic carbocycles. The molecule has 1 aromatic heterocycles. The standard InChI is InChI=1S/C11H15BrClN3/c1-16(8-5-3-2-4-6-8)11-9(12)10(13)14-7-15-11/h7-8H,2-6H2,1H3. The lowest BCUT2D eigenvalue weighted by Gasteiger charge is -2.32. The van der Waals surface area contributed by atoms with Crippen molar-refractivity contribution in [3.63, 3.8) is 0 Å². The Kier molecular flexibility index (Phi) is 4.03. The van der Waals surface area contributed by atoms with Gasteiger partial charge in [0.15, 0.2) is 0 Å². The molecule has 1 aliphatic rings. The van der Waals surface area contributed by atoms with Crippen LogP contribution in [0, 0.1) is 0 Å². The molecular formula is C11H15BrClN3. The predicted molar refractivity (Wildman–Crippen MR) is 70.0 cm³/mol. The highest BCUT2D eigenvalue weighted by Gasteiger charge is 2.21. The molecule has 1 aromatic rings. The molecule has 0 aliphatic heterocycles. The Bertz CT molecular complexity index is 366. The molecule has 16 heavy (non-hydrogen) atoms. The number of nitrogens with zero attached hydrogens (tertiary/aromatic N) is 3. The summed E-state index contributed by atoms with van der Waals surface area (Å²) in [5, 5.41) is 0.479. The van der Waals surface area contributed by atoms with Gasteiger partial charge in [0.05, 0.1) is 4.47 Å². The van der Waals surface area contributed by atoms with Crippen LogP contribution in [0.2, 0.25) is 5.15 Å². The maximum absolute atomic E-state index is 5.97. The second-order valence-electron chi connectivity index (χ2n) is 4.20. The van der Waals surface area contributed by atoms with E-state index < -0.39 is 0 Å². The summed E-state index contributed by atoms with van der Waals surface area (Å²) >= 11 is 9.42. The third-order valence-electron chi connectivity index (χ3n) is 3.19. The lowest BCUT2D eigenvalue weighted by Crippen LogP contribution is -2.34. The zero-order valence-corrected chi connectivity index (χ0v) is 11.6. The Morgan fingerprint density at radius 2 is 2.00 bits per heavy atom. The lowest BCUT2D eigenvalue weighted by molar-refractivity contribution is 0.425. The van der Waals surface area contributed by atoms with Crippen LogP contribution in [0.3, 0.4) is 0 Å². The number of anilines is 1. The van der Waals surface area contributed by atoms with E-state index in [2.05, 4.69) is 37.8 Å². The van der Waals surface area contributed by atoms with E-state index in [-0.39, 0.29) is 0 Å². The quantitative estimate of drug-likeness (QED) is 0.781. The van der Waals surface area contributed by atoms with Gasteiger partial charge in [0.1, 0.15) is 17.3 Å². The van der Waals surface area contributed by atoms with Gasteiger partial charge in [-0.25, -0.2) is 9.97 Å². The van der Waals surface area contributed by atoms with Crippen LogP contribution in [0.4, 0.5) is 5.82 Å². The molecule has 0 atom stereocenters. The lowest BCUT2D eigenvalue weighted by atomic mass is 9.94. The molecular weight excluding hydrogens is 289 g/mol. The molecule has 0 unspecified atom stereocenters. The summed E-state index contributed by atoms with van der Waals surface area (Å²) < 4.78 is 0.796. The minimum Gasteiger partial charge on any atom is -0.356 e. The van der Waals surface area contributed by atoms with Gasteiger partial charge in [0.25, 0.3) is 0 Å². The fourth-order valence-corrected chi connectivity index (χ4v) is 2.84. The van der Waals surface area contributed by atoms with Crippen LogP contribution >= 0.6 is 27.5 Å². The van der Waals surface area contributed by atoms with Crippen LogP contribution in [-0.4, -0.2) is 23.1 Å². The molecule has 0 spiro atoms. The fraction of sp³-hybridized carbons (Fsp3) is 0.636. The molecule has 3 nitrogen and oxygen atoms in total. The first-order valence-electron chi connectivity index (χ1n) is 5.59. The minimum absolute atomic E-state index is 0.479. The summed E-state index contributed by atoms with van der Waals surface area (Å²) in [5.41, 5.74) is 0. The Morgan fingerprint density at radius 3 is 2.69 bits per heavy atom. The van der Waals surface area contributed by atoms with Gasteiger partial charge in [-0.05, 0) is 28.8 Å². The van der Waals surface area contributed by atoms with Gasteiger partial charge in [0.2, 0.25) is 0 Å². The molecule has 5 heteroatoms. The third kappa shape index (κ3) is 2.48. The highest BCUT2D eigenvalue weighted by Crippen LogP contribution is 2.32. The average Bonchev–Trinajstić information content (AvgIpc) is 2.33. The van der Waals surface area contributed by atoms with Crippen LogP contribution < -0.4 is 4.90 Å².